The molecule has 3 aromatic carbocycles. The van der Waals surface area contributed by atoms with Gasteiger partial charge in [-0.3, -0.25) is 0 Å². The molecule has 0 bridgehead atoms. The molecule has 0 unspecified atom stereocenters. The summed E-state index contributed by atoms with van der Waals surface area (Å²) in [7, 11) is 1.57. The molecule has 140 valence electrons. The Morgan fingerprint density at radius 3 is 2.52 bits per heavy atom. The number of rotatable bonds is 7. The van der Waals surface area contributed by atoms with Gasteiger partial charge in [0.1, 0.15) is 18.2 Å². The zero-order valence-electron chi connectivity index (χ0n) is 14.7. The molecule has 3 rings (SSSR count). The minimum absolute atomic E-state index is 0.186. The van der Waals surface area contributed by atoms with E-state index in [0.717, 1.165) is 11.3 Å². The van der Waals surface area contributed by atoms with Crippen LogP contribution >= 0.6 is 11.6 Å². The van der Waals surface area contributed by atoms with Crippen LogP contribution in [0.15, 0.2) is 60.7 Å². The van der Waals surface area contributed by atoms with Crippen LogP contribution in [0.25, 0.3) is 0 Å². The van der Waals surface area contributed by atoms with Crippen molar-refractivity contribution in [2.24, 2.45) is 0 Å². The molecule has 0 radical (unpaired) electrons. The first-order valence-corrected chi connectivity index (χ1v) is 8.70. The van der Waals surface area contributed by atoms with Gasteiger partial charge in [-0.1, -0.05) is 29.8 Å². The van der Waals surface area contributed by atoms with E-state index in [1.165, 1.54) is 12.1 Å². The number of hydrogen-bond donors (Lipinski definition) is 2. The molecule has 0 aliphatic carbocycles. The smallest absolute Gasteiger partial charge is 0.166 e. The third-order valence-electron chi connectivity index (χ3n) is 4.02. The maximum absolute atomic E-state index is 13.2. The number of halogens is 2. The molecule has 0 saturated heterocycles. The third kappa shape index (κ3) is 4.83. The molecule has 0 aliphatic heterocycles. The first kappa shape index (κ1) is 18.9. The molecule has 27 heavy (non-hydrogen) atoms. The summed E-state index contributed by atoms with van der Waals surface area (Å²) in [6, 6.07) is 16.6. The zero-order valence-corrected chi connectivity index (χ0v) is 15.5. The van der Waals surface area contributed by atoms with Gasteiger partial charge in [0.15, 0.2) is 11.5 Å². The van der Waals surface area contributed by atoms with E-state index in [1.807, 2.05) is 18.2 Å². The highest BCUT2D eigenvalue weighted by Gasteiger charge is 2.12. The van der Waals surface area contributed by atoms with Crippen molar-refractivity contribution in [3.63, 3.8) is 0 Å². The number of anilines is 1. The van der Waals surface area contributed by atoms with Crippen LogP contribution in [0.2, 0.25) is 5.02 Å². The Morgan fingerprint density at radius 1 is 1.04 bits per heavy atom. The minimum atomic E-state index is -0.389. The lowest BCUT2D eigenvalue weighted by molar-refractivity contribution is 0.281. The van der Waals surface area contributed by atoms with Crippen molar-refractivity contribution < 1.29 is 19.0 Å². The number of phenols is 1. The quantitative estimate of drug-likeness (QED) is 0.534. The fraction of sp³-hybridized carbons (Fsp3) is 0.143. The molecule has 6 heteroatoms. The van der Waals surface area contributed by atoms with E-state index in [9.17, 15) is 9.50 Å². The lowest BCUT2D eigenvalue weighted by Crippen LogP contribution is -2.05. The Hall–Kier alpha value is -2.92. The normalized spacial score (nSPS) is 10.5. The van der Waals surface area contributed by atoms with Gasteiger partial charge in [-0.2, -0.15) is 0 Å². The van der Waals surface area contributed by atoms with E-state index >= 15 is 0 Å². The Morgan fingerprint density at radius 2 is 1.81 bits per heavy atom. The van der Waals surface area contributed by atoms with Crippen LogP contribution in [-0.4, -0.2) is 12.2 Å². The third-order valence-corrected chi connectivity index (χ3v) is 4.37. The maximum Gasteiger partial charge on any atom is 0.166 e. The van der Waals surface area contributed by atoms with Crippen LogP contribution in [0.5, 0.6) is 17.2 Å². The van der Waals surface area contributed by atoms with Gasteiger partial charge >= 0.3 is 0 Å². The van der Waals surface area contributed by atoms with Crippen LogP contribution in [0.1, 0.15) is 11.1 Å². The summed E-state index contributed by atoms with van der Waals surface area (Å²) >= 11 is 6.08. The highest BCUT2D eigenvalue weighted by Crippen LogP contribution is 2.33. The number of nitrogens with one attached hydrogen (secondary N) is 1. The second-order valence-electron chi connectivity index (χ2n) is 5.87. The Balaban J connectivity index is 1.77. The number of methoxy groups -OCH3 is 1. The topological polar surface area (TPSA) is 50.7 Å². The summed E-state index contributed by atoms with van der Waals surface area (Å²) in [4.78, 5) is 0. The number of benzene rings is 3. The van der Waals surface area contributed by atoms with Gasteiger partial charge in [-0.05, 0) is 42.5 Å². The van der Waals surface area contributed by atoms with Gasteiger partial charge in [0.2, 0.25) is 0 Å². The van der Waals surface area contributed by atoms with Crippen molar-refractivity contribution in [2.75, 3.05) is 12.4 Å². The molecule has 0 fully saturated rings. The molecule has 0 aromatic heterocycles. The average molecular weight is 388 g/mol. The van der Waals surface area contributed by atoms with Crippen molar-refractivity contribution in [1.29, 1.82) is 0 Å². The molecule has 0 saturated carbocycles. The monoisotopic (exact) mass is 387 g/mol. The van der Waals surface area contributed by atoms with Gasteiger partial charge in [0.05, 0.1) is 12.1 Å². The van der Waals surface area contributed by atoms with Gasteiger partial charge in [0, 0.05) is 23.4 Å². The second kappa shape index (κ2) is 8.64. The van der Waals surface area contributed by atoms with Crippen molar-refractivity contribution in [1.82, 2.24) is 0 Å². The van der Waals surface area contributed by atoms with E-state index in [-0.39, 0.29) is 18.2 Å². The molecule has 0 heterocycles. The lowest BCUT2D eigenvalue weighted by Gasteiger charge is -2.16. The molecule has 0 atom stereocenters. The minimum Gasteiger partial charge on any atom is -0.508 e. The van der Waals surface area contributed by atoms with Crippen molar-refractivity contribution in [3.8, 4) is 17.2 Å². The molecular formula is C21H19ClFNO3. The summed E-state index contributed by atoms with van der Waals surface area (Å²) in [5.41, 5.74) is 2.44. The van der Waals surface area contributed by atoms with E-state index in [2.05, 4.69) is 5.32 Å². The predicted octanol–water partition coefficient (Wildman–Crippen LogP) is 5.38. The summed E-state index contributed by atoms with van der Waals surface area (Å²) in [5.74, 6) is 1.01. The Bertz CT molecular complexity index is 916. The number of ether oxygens (including phenoxy) is 2. The van der Waals surface area contributed by atoms with Gasteiger partial charge in [-0.25, -0.2) is 4.39 Å². The summed E-state index contributed by atoms with van der Waals surface area (Å²) in [5, 5.41) is 13.0. The fourth-order valence-electron chi connectivity index (χ4n) is 2.59. The average Bonchev–Trinajstić information content (AvgIpc) is 2.67. The molecule has 2 N–H and O–H groups in total. The SMILES string of the molecule is COc1cccc(CNc2ccc(O)cc2)c1OCc1ccc(F)cc1Cl. The molecular weight excluding hydrogens is 369 g/mol. The van der Waals surface area contributed by atoms with Crippen LogP contribution < -0.4 is 14.8 Å². The largest absolute Gasteiger partial charge is 0.508 e. The molecule has 4 nitrogen and oxygen atoms in total. The van der Waals surface area contributed by atoms with E-state index in [4.69, 9.17) is 21.1 Å². The van der Waals surface area contributed by atoms with Crippen molar-refractivity contribution in [2.45, 2.75) is 13.2 Å². The molecule has 3 aromatic rings. The van der Waals surface area contributed by atoms with Gasteiger partial charge < -0.3 is 19.9 Å². The van der Waals surface area contributed by atoms with Crippen molar-refractivity contribution >= 4 is 17.3 Å². The summed E-state index contributed by atoms with van der Waals surface area (Å²) in [6.45, 7) is 0.681. The molecule has 0 amide bonds. The van der Waals surface area contributed by atoms with Crippen LogP contribution in [0.3, 0.4) is 0 Å². The van der Waals surface area contributed by atoms with Crippen molar-refractivity contribution in [3.05, 3.63) is 82.6 Å². The zero-order chi connectivity index (χ0) is 19.2. The predicted molar refractivity (Wildman–Crippen MR) is 104 cm³/mol. The highest BCUT2D eigenvalue weighted by atomic mass is 35.5. The number of hydrogen-bond acceptors (Lipinski definition) is 4. The van der Waals surface area contributed by atoms with E-state index in [0.29, 0.717) is 28.6 Å². The van der Waals surface area contributed by atoms with Crippen LogP contribution in [-0.2, 0) is 13.2 Å². The van der Waals surface area contributed by atoms with E-state index < -0.39 is 0 Å². The first-order chi connectivity index (χ1) is 13.1. The first-order valence-electron chi connectivity index (χ1n) is 8.32. The Labute approximate surface area is 162 Å². The van der Waals surface area contributed by atoms with E-state index in [1.54, 1.807) is 37.4 Å². The number of para-hydroxylation sites is 1. The number of aromatic hydroxyl groups is 1. The summed E-state index contributed by atoms with van der Waals surface area (Å²) < 4.78 is 24.6. The standard InChI is InChI=1S/C21H19ClFNO3/c1-26-20-4-2-3-14(12-24-17-7-9-18(25)10-8-17)21(20)27-13-15-5-6-16(23)11-19(15)22/h2-11,24-25H,12-13H2,1H3. The Kier molecular flexibility index (Phi) is 6.04. The lowest BCUT2D eigenvalue weighted by atomic mass is 10.1. The number of phenolic OH excluding ortho intramolecular Hbond substituents is 1. The fourth-order valence-corrected chi connectivity index (χ4v) is 2.81. The second-order valence-corrected chi connectivity index (χ2v) is 6.28. The molecule has 0 aliphatic rings. The van der Waals surface area contributed by atoms with Crippen LogP contribution in [0, 0.1) is 5.82 Å². The van der Waals surface area contributed by atoms with Gasteiger partial charge in [0.25, 0.3) is 0 Å². The summed E-state index contributed by atoms with van der Waals surface area (Å²) in [6.07, 6.45) is 0. The highest BCUT2D eigenvalue weighted by molar-refractivity contribution is 6.31. The molecule has 0 spiro atoms. The van der Waals surface area contributed by atoms with Gasteiger partial charge in [-0.15, -0.1) is 0 Å². The van der Waals surface area contributed by atoms with Crippen LogP contribution in [0.4, 0.5) is 10.1 Å². The maximum atomic E-state index is 13.2.